The van der Waals surface area contributed by atoms with E-state index in [4.69, 9.17) is 4.42 Å². The number of halogens is 1. The molecule has 0 radical (unpaired) electrons. The molecule has 112 valence electrons. The molecule has 1 heterocycles. The van der Waals surface area contributed by atoms with Gasteiger partial charge in [-0.1, -0.05) is 45.8 Å². The van der Waals surface area contributed by atoms with Gasteiger partial charge in [-0.25, -0.2) is 0 Å². The fourth-order valence-electron chi connectivity index (χ4n) is 2.41. The zero-order chi connectivity index (χ0) is 15.7. The van der Waals surface area contributed by atoms with Gasteiger partial charge in [-0.05, 0) is 36.8 Å². The first-order valence-electron chi connectivity index (χ1n) is 7.03. The van der Waals surface area contributed by atoms with E-state index in [-0.39, 0.29) is 5.91 Å². The highest BCUT2D eigenvalue weighted by Crippen LogP contribution is 2.23. The number of aryl methyl sites for hydroxylation is 1. The highest BCUT2D eigenvalue weighted by atomic mass is 79.9. The molecule has 1 aromatic heterocycles. The molecule has 0 spiro atoms. The summed E-state index contributed by atoms with van der Waals surface area (Å²) in [6, 6.07) is 15.6. The number of benzene rings is 2. The lowest BCUT2D eigenvalue weighted by Gasteiger charge is -2.16. The Bertz CT molecular complexity index is 838. The molecule has 1 amide bonds. The molecule has 3 rings (SSSR count). The van der Waals surface area contributed by atoms with Gasteiger partial charge in [-0.2, -0.15) is 0 Å². The number of nitrogens with zero attached hydrogens (tertiary/aromatic N) is 1. The number of furan rings is 1. The van der Waals surface area contributed by atoms with Crippen LogP contribution in [0.5, 0.6) is 0 Å². The van der Waals surface area contributed by atoms with Crippen molar-refractivity contribution in [2.75, 3.05) is 7.05 Å². The monoisotopic (exact) mass is 357 g/mol. The molecule has 0 aliphatic carbocycles. The van der Waals surface area contributed by atoms with Gasteiger partial charge in [-0.3, -0.25) is 4.79 Å². The first kappa shape index (κ1) is 14.9. The van der Waals surface area contributed by atoms with Crippen LogP contribution in [-0.2, 0) is 6.54 Å². The SMILES string of the molecule is Cc1ccc2oc(C(=O)N(C)Cc3ccccc3Br)cc2c1. The van der Waals surface area contributed by atoms with Gasteiger partial charge in [-0.15, -0.1) is 0 Å². The zero-order valence-corrected chi connectivity index (χ0v) is 14.1. The quantitative estimate of drug-likeness (QED) is 0.675. The predicted octanol–water partition coefficient (Wildman–Crippen LogP) is 4.78. The highest BCUT2D eigenvalue weighted by Gasteiger charge is 2.17. The number of carbonyl (C=O) groups is 1. The normalized spacial score (nSPS) is 10.9. The lowest BCUT2D eigenvalue weighted by molar-refractivity contribution is 0.0755. The molecule has 0 saturated carbocycles. The third-order valence-corrected chi connectivity index (χ3v) is 4.37. The average Bonchev–Trinajstić information content (AvgIpc) is 2.91. The van der Waals surface area contributed by atoms with Crippen molar-refractivity contribution in [1.82, 2.24) is 4.90 Å². The highest BCUT2D eigenvalue weighted by molar-refractivity contribution is 9.10. The van der Waals surface area contributed by atoms with E-state index in [0.717, 1.165) is 26.6 Å². The lowest BCUT2D eigenvalue weighted by atomic mass is 10.2. The van der Waals surface area contributed by atoms with Crippen LogP contribution in [0.2, 0.25) is 0 Å². The smallest absolute Gasteiger partial charge is 0.289 e. The van der Waals surface area contributed by atoms with Crippen LogP contribution < -0.4 is 0 Å². The van der Waals surface area contributed by atoms with E-state index in [1.807, 2.05) is 49.4 Å². The van der Waals surface area contributed by atoms with Crippen molar-refractivity contribution in [2.24, 2.45) is 0 Å². The molecule has 0 aliphatic rings. The molecule has 0 unspecified atom stereocenters. The Balaban J connectivity index is 1.84. The van der Waals surface area contributed by atoms with Crippen LogP contribution in [0.3, 0.4) is 0 Å². The van der Waals surface area contributed by atoms with Crippen molar-refractivity contribution >= 4 is 32.8 Å². The molecular weight excluding hydrogens is 342 g/mol. The number of fused-ring (bicyclic) bond motifs is 1. The molecule has 2 aromatic carbocycles. The minimum absolute atomic E-state index is 0.121. The van der Waals surface area contributed by atoms with E-state index in [1.165, 1.54) is 0 Å². The average molecular weight is 358 g/mol. The molecule has 0 saturated heterocycles. The van der Waals surface area contributed by atoms with E-state index in [1.54, 1.807) is 18.0 Å². The Morgan fingerprint density at radius 1 is 1.18 bits per heavy atom. The molecule has 3 aromatic rings. The summed E-state index contributed by atoms with van der Waals surface area (Å²) in [6.07, 6.45) is 0. The molecule has 0 N–H and O–H groups in total. The second-order valence-corrected chi connectivity index (χ2v) is 6.26. The summed E-state index contributed by atoms with van der Waals surface area (Å²) in [6.45, 7) is 2.54. The maximum atomic E-state index is 12.5. The molecule has 0 fully saturated rings. The van der Waals surface area contributed by atoms with Crippen LogP contribution in [0, 0.1) is 6.92 Å². The lowest BCUT2D eigenvalue weighted by Crippen LogP contribution is -2.25. The third kappa shape index (κ3) is 2.92. The van der Waals surface area contributed by atoms with Crippen molar-refractivity contribution in [1.29, 1.82) is 0 Å². The van der Waals surface area contributed by atoms with Gasteiger partial charge in [0.15, 0.2) is 5.76 Å². The van der Waals surface area contributed by atoms with Crippen LogP contribution >= 0.6 is 15.9 Å². The van der Waals surface area contributed by atoms with Gasteiger partial charge >= 0.3 is 0 Å². The van der Waals surface area contributed by atoms with E-state index in [2.05, 4.69) is 15.9 Å². The fraction of sp³-hybridized carbons (Fsp3) is 0.167. The van der Waals surface area contributed by atoms with Crippen molar-refractivity contribution in [3.05, 3.63) is 69.9 Å². The topological polar surface area (TPSA) is 33.5 Å². The fourth-order valence-corrected chi connectivity index (χ4v) is 2.82. The number of rotatable bonds is 3. The number of amides is 1. The minimum Gasteiger partial charge on any atom is -0.451 e. The molecular formula is C18H16BrNO2. The largest absolute Gasteiger partial charge is 0.451 e. The van der Waals surface area contributed by atoms with E-state index >= 15 is 0 Å². The minimum atomic E-state index is -0.121. The van der Waals surface area contributed by atoms with Crippen LogP contribution in [0.4, 0.5) is 0 Å². The Morgan fingerprint density at radius 3 is 2.73 bits per heavy atom. The number of hydrogen-bond donors (Lipinski definition) is 0. The first-order chi connectivity index (χ1) is 10.5. The van der Waals surface area contributed by atoms with Crippen molar-refractivity contribution < 1.29 is 9.21 Å². The maximum Gasteiger partial charge on any atom is 0.289 e. The van der Waals surface area contributed by atoms with Gasteiger partial charge in [0.25, 0.3) is 5.91 Å². The van der Waals surface area contributed by atoms with E-state index in [9.17, 15) is 4.79 Å². The summed E-state index contributed by atoms with van der Waals surface area (Å²) in [7, 11) is 1.78. The van der Waals surface area contributed by atoms with Crippen LogP contribution in [0.1, 0.15) is 21.7 Å². The van der Waals surface area contributed by atoms with Crippen molar-refractivity contribution in [3.63, 3.8) is 0 Å². The molecule has 3 nitrogen and oxygen atoms in total. The van der Waals surface area contributed by atoms with Gasteiger partial charge < -0.3 is 9.32 Å². The van der Waals surface area contributed by atoms with Gasteiger partial charge in [0.05, 0.1) is 0 Å². The van der Waals surface area contributed by atoms with E-state index in [0.29, 0.717) is 12.3 Å². The summed E-state index contributed by atoms with van der Waals surface area (Å²) >= 11 is 3.50. The van der Waals surface area contributed by atoms with Crippen LogP contribution in [0.15, 0.2) is 57.4 Å². The third-order valence-electron chi connectivity index (χ3n) is 3.59. The summed E-state index contributed by atoms with van der Waals surface area (Å²) in [5.41, 5.74) is 2.95. The Labute approximate surface area is 137 Å². The van der Waals surface area contributed by atoms with E-state index < -0.39 is 0 Å². The van der Waals surface area contributed by atoms with Gasteiger partial charge in [0.2, 0.25) is 0 Å². The standard InChI is InChI=1S/C18H16BrNO2/c1-12-7-8-16-14(9-12)10-17(22-16)18(21)20(2)11-13-5-3-4-6-15(13)19/h3-10H,11H2,1-2H3. The summed E-state index contributed by atoms with van der Waals surface area (Å²) in [5.74, 6) is 0.250. The summed E-state index contributed by atoms with van der Waals surface area (Å²) < 4.78 is 6.67. The second-order valence-electron chi connectivity index (χ2n) is 5.40. The predicted molar refractivity (Wildman–Crippen MR) is 90.9 cm³/mol. The molecule has 4 heteroatoms. The first-order valence-corrected chi connectivity index (χ1v) is 7.83. The Kier molecular flexibility index (Phi) is 4.03. The van der Waals surface area contributed by atoms with Gasteiger partial charge in [0.1, 0.15) is 5.58 Å². The molecule has 0 bridgehead atoms. The summed E-state index contributed by atoms with van der Waals surface area (Å²) in [4.78, 5) is 14.2. The Hall–Kier alpha value is -2.07. The van der Waals surface area contributed by atoms with Crippen molar-refractivity contribution in [2.45, 2.75) is 13.5 Å². The van der Waals surface area contributed by atoms with Crippen molar-refractivity contribution in [3.8, 4) is 0 Å². The maximum absolute atomic E-state index is 12.5. The summed E-state index contributed by atoms with van der Waals surface area (Å²) in [5, 5.41) is 0.956. The van der Waals surface area contributed by atoms with Crippen LogP contribution in [0.25, 0.3) is 11.0 Å². The number of carbonyl (C=O) groups excluding carboxylic acids is 1. The number of hydrogen-bond acceptors (Lipinski definition) is 2. The second kappa shape index (κ2) is 5.97. The Morgan fingerprint density at radius 2 is 1.95 bits per heavy atom. The zero-order valence-electron chi connectivity index (χ0n) is 12.5. The molecule has 22 heavy (non-hydrogen) atoms. The molecule has 0 aliphatic heterocycles. The van der Waals surface area contributed by atoms with Gasteiger partial charge in [0, 0.05) is 23.5 Å². The van der Waals surface area contributed by atoms with Crippen LogP contribution in [-0.4, -0.2) is 17.9 Å². The molecule has 0 atom stereocenters.